The standard InChI is InChI=1S/C28H36ClN3O4/c29-25-10-9-21-22(11-12-30-17-24(21)23(28(35)36)15-26(33)34)27(25)31-16-19-5-7-20(8-6-19)18-32-13-3-1-2-4-14-32/h5-10,23-24,30-31H,1-4,11-18H2,(H,33,34)(H,35,36). The van der Waals surface area contributed by atoms with Crippen molar-refractivity contribution in [1.82, 2.24) is 10.2 Å². The Kier molecular flexibility index (Phi) is 9.24. The number of carboxylic acid groups (broad SMARTS) is 2. The highest BCUT2D eigenvalue weighted by atomic mass is 35.5. The van der Waals surface area contributed by atoms with E-state index in [0.29, 0.717) is 31.1 Å². The normalized spacial score (nSPS) is 19.5. The smallest absolute Gasteiger partial charge is 0.307 e. The fraction of sp³-hybridized carbons (Fsp3) is 0.500. The van der Waals surface area contributed by atoms with Crippen LogP contribution in [-0.2, 0) is 29.1 Å². The molecule has 4 rings (SSSR count). The summed E-state index contributed by atoms with van der Waals surface area (Å²) in [7, 11) is 0. The second-order valence-corrected chi connectivity index (χ2v) is 10.4. The molecule has 2 aliphatic rings. The summed E-state index contributed by atoms with van der Waals surface area (Å²) in [6.45, 7) is 5.01. The second-order valence-electron chi connectivity index (χ2n) is 9.95. The third-order valence-corrected chi connectivity index (χ3v) is 7.72. The van der Waals surface area contributed by atoms with E-state index in [1.54, 1.807) is 6.07 Å². The first-order chi connectivity index (χ1) is 17.4. The van der Waals surface area contributed by atoms with Gasteiger partial charge < -0.3 is 20.8 Å². The van der Waals surface area contributed by atoms with Gasteiger partial charge in [0.1, 0.15) is 0 Å². The van der Waals surface area contributed by atoms with Crippen LogP contribution in [0, 0.1) is 5.92 Å². The van der Waals surface area contributed by atoms with E-state index in [-0.39, 0.29) is 0 Å². The van der Waals surface area contributed by atoms with Gasteiger partial charge in [0.15, 0.2) is 0 Å². The third kappa shape index (κ3) is 6.78. The first-order valence-electron chi connectivity index (χ1n) is 12.9. The average Bonchev–Trinajstić information content (AvgIpc) is 3.23. The highest BCUT2D eigenvalue weighted by Gasteiger charge is 2.34. The highest BCUT2D eigenvalue weighted by molar-refractivity contribution is 6.33. The molecular weight excluding hydrogens is 478 g/mol. The summed E-state index contributed by atoms with van der Waals surface area (Å²) in [5.74, 6) is -3.67. The minimum absolute atomic E-state index is 0.413. The SMILES string of the molecule is O=C(O)CC(C(=O)O)C1CNCCc2c1ccc(Cl)c2NCc1ccc(CN2CCCCCC2)cc1. The largest absolute Gasteiger partial charge is 0.481 e. The molecule has 0 saturated carbocycles. The lowest BCUT2D eigenvalue weighted by Crippen LogP contribution is -2.31. The Hall–Kier alpha value is -2.61. The van der Waals surface area contributed by atoms with Crippen LogP contribution in [0.1, 0.15) is 60.3 Å². The zero-order chi connectivity index (χ0) is 25.5. The number of carboxylic acids is 2. The number of carbonyl (C=O) groups is 2. The molecule has 4 N–H and O–H groups in total. The van der Waals surface area contributed by atoms with Crippen molar-refractivity contribution in [1.29, 1.82) is 0 Å². The number of nitrogens with one attached hydrogen (secondary N) is 2. The quantitative estimate of drug-likeness (QED) is 0.384. The molecule has 2 aromatic rings. The van der Waals surface area contributed by atoms with Crippen molar-refractivity contribution in [2.24, 2.45) is 5.92 Å². The molecule has 0 radical (unpaired) electrons. The van der Waals surface area contributed by atoms with Crippen LogP contribution in [0.2, 0.25) is 5.02 Å². The van der Waals surface area contributed by atoms with Crippen LogP contribution in [0.5, 0.6) is 0 Å². The van der Waals surface area contributed by atoms with Gasteiger partial charge in [-0.3, -0.25) is 14.5 Å². The predicted molar refractivity (Wildman–Crippen MR) is 142 cm³/mol. The molecule has 2 unspecified atom stereocenters. The minimum Gasteiger partial charge on any atom is -0.481 e. The molecule has 36 heavy (non-hydrogen) atoms. The number of aliphatic carboxylic acids is 2. The van der Waals surface area contributed by atoms with E-state index < -0.39 is 30.2 Å². The molecule has 7 nitrogen and oxygen atoms in total. The van der Waals surface area contributed by atoms with E-state index in [0.717, 1.165) is 28.9 Å². The molecule has 2 aliphatic heterocycles. The zero-order valence-corrected chi connectivity index (χ0v) is 21.4. The number of halogens is 1. The first-order valence-corrected chi connectivity index (χ1v) is 13.3. The van der Waals surface area contributed by atoms with Gasteiger partial charge in [0.2, 0.25) is 0 Å². The lowest BCUT2D eigenvalue weighted by Gasteiger charge is -2.25. The maximum absolute atomic E-state index is 12.0. The number of nitrogens with zero attached hydrogens (tertiary/aromatic N) is 1. The summed E-state index contributed by atoms with van der Waals surface area (Å²) < 4.78 is 0. The minimum atomic E-state index is -1.11. The highest BCUT2D eigenvalue weighted by Crippen LogP contribution is 2.38. The lowest BCUT2D eigenvalue weighted by atomic mass is 9.81. The summed E-state index contributed by atoms with van der Waals surface area (Å²) in [6.07, 6.45) is 5.49. The fourth-order valence-electron chi connectivity index (χ4n) is 5.48. The van der Waals surface area contributed by atoms with Gasteiger partial charge in [0.05, 0.1) is 23.0 Å². The Morgan fingerprint density at radius 1 is 1.03 bits per heavy atom. The molecule has 0 bridgehead atoms. The Morgan fingerprint density at radius 3 is 2.39 bits per heavy atom. The molecule has 2 atom stereocenters. The van der Waals surface area contributed by atoms with E-state index in [9.17, 15) is 19.8 Å². The third-order valence-electron chi connectivity index (χ3n) is 7.41. The molecule has 1 saturated heterocycles. The number of benzene rings is 2. The van der Waals surface area contributed by atoms with Gasteiger partial charge >= 0.3 is 11.9 Å². The van der Waals surface area contributed by atoms with Gasteiger partial charge in [0, 0.05) is 25.6 Å². The summed E-state index contributed by atoms with van der Waals surface area (Å²) in [4.78, 5) is 25.9. The van der Waals surface area contributed by atoms with Crippen LogP contribution in [0.15, 0.2) is 36.4 Å². The van der Waals surface area contributed by atoms with Gasteiger partial charge in [-0.2, -0.15) is 0 Å². The number of likely N-dealkylation sites (tertiary alicyclic amines) is 1. The monoisotopic (exact) mass is 513 g/mol. The Morgan fingerprint density at radius 2 is 1.72 bits per heavy atom. The maximum Gasteiger partial charge on any atom is 0.307 e. The van der Waals surface area contributed by atoms with Gasteiger partial charge in [-0.25, -0.2) is 0 Å². The Labute approximate surface area is 217 Å². The summed E-state index contributed by atoms with van der Waals surface area (Å²) in [5, 5.41) is 26.4. The fourth-order valence-corrected chi connectivity index (χ4v) is 5.72. The molecular formula is C28H36ClN3O4. The molecule has 1 fully saturated rings. The Bertz CT molecular complexity index is 1050. The van der Waals surface area contributed by atoms with E-state index in [1.165, 1.54) is 44.3 Å². The van der Waals surface area contributed by atoms with E-state index >= 15 is 0 Å². The van der Waals surface area contributed by atoms with Gasteiger partial charge in [-0.1, -0.05) is 54.8 Å². The van der Waals surface area contributed by atoms with Crippen molar-refractivity contribution < 1.29 is 19.8 Å². The molecule has 0 aromatic heterocycles. The molecule has 0 aliphatic carbocycles. The van der Waals surface area contributed by atoms with Crippen molar-refractivity contribution in [3.05, 3.63) is 63.7 Å². The number of rotatable bonds is 9. The van der Waals surface area contributed by atoms with Gasteiger partial charge in [-0.15, -0.1) is 0 Å². The van der Waals surface area contributed by atoms with E-state index in [4.69, 9.17) is 11.6 Å². The zero-order valence-electron chi connectivity index (χ0n) is 20.6. The second kappa shape index (κ2) is 12.6. The Balaban J connectivity index is 1.49. The van der Waals surface area contributed by atoms with Crippen LogP contribution in [-0.4, -0.2) is 53.2 Å². The van der Waals surface area contributed by atoms with Crippen molar-refractivity contribution in [2.45, 2.75) is 57.5 Å². The molecule has 194 valence electrons. The van der Waals surface area contributed by atoms with Crippen molar-refractivity contribution >= 4 is 29.2 Å². The van der Waals surface area contributed by atoms with E-state index in [1.807, 2.05) is 6.07 Å². The molecule has 2 heterocycles. The molecule has 0 spiro atoms. The number of hydrogen-bond donors (Lipinski definition) is 4. The summed E-state index contributed by atoms with van der Waals surface area (Å²) >= 11 is 6.60. The van der Waals surface area contributed by atoms with Crippen molar-refractivity contribution in [3.8, 4) is 0 Å². The van der Waals surface area contributed by atoms with Gasteiger partial charge in [0.25, 0.3) is 0 Å². The van der Waals surface area contributed by atoms with Gasteiger partial charge in [-0.05, 0) is 67.2 Å². The van der Waals surface area contributed by atoms with Crippen LogP contribution in [0.25, 0.3) is 0 Å². The first kappa shape index (κ1) is 26.5. The molecule has 0 amide bonds. The van der Waals surface area contributed by atoms with Crippen LogP contribution in [0.4, 0.5) is 5.69 Å². The van der Waals surface area contributed by atoms with Crippen molar-refractivity contribution in [2.75, 3.05) is 31.5 Å². The predicted octanol–water partition coefficient (Wildman–Crippen LogP) is 4.73. The average molecular weight is 514 g/mol. The number of fused-ring (bicyclic) bond motifs is 1. The molecule has 8 heteroatoms. The topological polar surface area (TPSA) is 102 Å². The molecule has 2 aromatic carbocycles. The van der Waals surface area contributed by atoms with Crippen LogP contribution in [0.3, 0.4) is 0 Å². The maximum atomic E-state index is 12.0. The van der Waals surface area contributed by atoms with Crippen LogP contribution < -0.4 is 10.6 Å². The summed E-state index contributed by atoms with van der Waals surface area (Å²) in [5.41, 5.74) is 5.08. The number of hydrogen-bond acceptors (Lipinski definition) is 5. The lowest BCUT2D eigenvalue weighted by molar-refractivity contribution is -0.149. The van der Waals surface area contributed by atoms with E-state index in [2.05, 4.69) is 39.8 Å². The summed E-state index contributed by atoms with van der Waals surface area (Å²) in [6, 6.07) is 12.3. The van der Waals surface area contributed by atoms with Crippen molar-refractivity contribution in [3.63, 3.8) is 0 Å². The number of anilines is 1. The van der Waals surface area contributed by atoms with Crippen LogP contribution >= 0.6 is 11.6 Å².